The molecule has 24 heavy (non-hydrogen) atoms. The van der Waals surface area contributed by atoms with Crippen LogP contribution in [0.4, 0.5) is 10.5 Å². The predicted molar refractivity (Wildman–Crippen MR) is 88.7 cm³/mol. The minimum absolute atomic E-state index is 0.387. The summed E-state index contributed by atoms with van der Waals surface area (Å²) in [4.78, 5) is 22.8. The molecule has 0 fully saturated rings. The monoisotopic (exact) mass is 340 g/mol. The minimum Gasteiger partial charge on any atom is -0.497 e. The average Bonchev–Trinajstić information content (AvgIpc) is 2.54. The molecule has 0 saturated carbocycles. The summed E-state index contributed by atoms with van der Waals surface area (Å²) in [7, 11) is 1.50. The molecule has 0 heterocycles. The number of ether oxygens (including phenoxy) is 2. The van der Waals surface area contributed by atoms with Gasteiger partial charge in [0.2, 0.25) is 0 Å². The Balaban J connectivity index is 2.76. The number of amides is 2. The molecular formula is C16H24N2O6. The van der Waals surface area contributed by atoms with Crippen LogP contribution in [-0.2, 0) is 4.79 Å². The predicted octanol–water partition coefficient (Wildman–Crippen LogP) is 1.83. The Labute approximate surface area is 140 Å². The van der Waals surface area contributed by atoms with Gasteiger partial charge in [-0.3, -0.25) is 0 Å². The molecule has 0 saturated heterocycles. The number of urea groups is 1. The molecule has 0 aliphatic heterocycles. The maximum Gasteiger partial charge on any atom is 0.337 e. The molecule has 0 radical (unpaired) electrons. The number of hydrogen-bond acceptors (Lipinski definition) is 5. The maximum absolute atomic E-state index is 11.9. The van der Waals surface area contributed by atoms with Crippen LogP contribution in [0, 0.1) is 0 Å². The van der Waals surface area contributed by atoms with Gasteiger partial charge in [-0.2, -0.15) is 0 Å². The fourth-order valence-corrected chi connectivity index (χ4v) is 1.68. The van der Waals surface area contributed by atoms with Crippen molar-refractivity contribution in [2.24, 2.45) is 0 Å². The number of carboxylic acid groups (broad SMARTS) is 1. The number of unbranched alkanes of at least 4 members (excludes halogenated alkanes) is 1. The number of carbonyl (C=O) groups is 2. The summed E-state index contributed by atoms with van der Waals surface area (Å²) in [5, 5.41) is 23.3. The summed E-state index contributed by atoms with van der Waals surface area (Å²) in [6.45, 7) is 3.20. The number of rotatable bonds is 9. The summed E-state index contributed by atoms with van der Waals surface area (Å²) in [6, 6.07) is 4.32. The topological polar surface area (TPSA) is 117 Å². The summed E-state index contributed by atoms with van der Waals surface area (Å²) in [6.07, 6.45) is 1.85. The van der Waals surface area contributed by atoms with Gasteiger partial charge in [-0.25, -0.2) is 9.59 Å². The third-order valence-corrected chi connectivity index (χ3v) is 3.24. The second-order valence-electron chi connectivity index (χ2n) is 5.45. The summed E-state index contributed by atoms with van der Waals surface area (Å²) < 4.78 is 10.7. The zero-order valence-corrected chi connectivity index (χ0v) is 14.1. The van der Waals surface area contributed by atoms with Gasteiger partial charge < -0.3 is 30.3 Å². The molecule has 0 aliphatic carbocycles. The van der Waals surface area contributed by atoms with Crippen molar-refractivity contribution < 1.29 is 29.3 Å². The van der Waals surface area contributed by atoms with E-state index in [1.807, 2.05) is 6.92 Å². The first-order valence-electron chi connectivity index (χ1n) is 7.61. The highest BCUT2D eigenvalue weighted by Crippen LogP contribution is 2.29. The Morgan fingerprint density at radius 2 is 2.04 bits per heavy atom. The van der Waals surface area contributed by atoms with E-state index in [1.165, 1.54) is 7.11 Å². The van der Waals surface area contributed by atoms with E-state index in [1.54, 1.807) is 18.2 Å². The van der Waals surface area contributed by atoms with Crippen LogP contribution in [0.5, 0.6) is 11.5 Å². The second-order valence-corrected chi connectivity index (χ2v) is 5.45. The molecule has 2 amide bonds. The van der Waals surface area contributed by atoms with Gasteiger partial charge in [-0.05, 0) is 25.5 Å². The van der Waals surface area contributed by atoms with E-state index in [2.05, 4.69) is 10.6 Å². The second kappa shape index (κ2) is 8.97. The number of nitrogens with one attached hydrogen (secondary N) is 2. The molecule has 134 valence electrons. The van der Waals surface area contributed by atoms with E-state index >= 15 is 0 Å². The van der Waals surface area contributed by atoms with Gasteiger partial charge >= 0.3 is 12.0 Å². The van der Waals surface area contributed by atoms with E-state index in [0.29, 0.717) is 23.8 Å². The van der Waals surface area contributed by atoms with Crippen molar-refractivity contribution in [3.63, 3.8) is 0 Å². The number of anilines is 1. The molecule has 1 unspecified atom stereocenters. The third kappa shape index (κ3) is 5.96. The lowest BCUT2D eigenvalue weighted by Gasteiger charge is -2.19. The van der Waals surface area contributed by atoms with Crippen molar-refractivity contribution in [1.82, 2.24) is 5.32 Å². The van der Waals surface area contributed by atoms with Crippen LogP contribution in [0.15, 0.2) is 18.2 Å². The normalized spacial score (nSPS) is 12.8. The van der Waals surface area contributed by atoms with Crippen molar-refractivity contribution in [3.8, 4) is 11.5 Å². The first-order valence-corrected chi connectivity index (χ1v) is 7.61. The van der Waals surface area contributed by atoms with Crippen LogP contribution >= 0.6 is 0 Å². The van der Waals surface area contributed by atoms with Crippen LogP contribution in [0.3, 0.4) is 0 Å². The van der Waals surface area contributed by atoms with Crippen LogP contribution < -0.4 is 20.1 Å². The van der Waals surface area contributed by atoms with Gasteiger partial charge in [0.1, 0.15) is 11.5 Å². The smallest absolute Gasteiger partial charge is 0.337 e. The fraction of sp³-hybridized carbons (Fsp3) is 0.500. The molecule has 4 N–H and O–H groups in total. The van der Waals surface area contributed by atoms with Crippen LogP contribution in [-0.4, -0.2) is 48.1 Å². The highest BCUT2D eigenvalue weighted by Gasteiger charge is 2.30. The fourth-order valence-electron chi connectivity index (χ4n) is 1.68. The quantitative estimate of drug-likeness (QED) is 0.510. The number of benzene rings is 1. The van der Waals surface area contributed by atoms with Crippen molar-refractivity contribution in [2.45, 2.75) is 32.3 Å². The molecule has 0 aliphatic rings. The Bertz CT molecular complexity index is 574. The molecule has 8 heteroatoms. The molecule has 1 aromatic carbocycles. The number of carbonyl (C=O) groups excluding carboxylic acids is 1. The van der Waals surface area contributed by atoms with Crippen LogP contribution in [0.1, 0.15) is 26.7 Å². The zero-order valence-electron chi connectivity index (χ0n) is 14.1. The summed E-state index contributed by atoms with van der Waals surface area (Å²) in [5.41, 5.74) is -1.66. The minimum atomic E-state index is -2.05. The highest BCUT2D eigenvalue weighted by atomic mass is 16.5. The first kappa shape index (κ1) is 19.6. The molecule has 0 spiro atoms. The summed E-state index contributed by atoms with van der Waals surface area (Å²) in [5.74, 6) is -0.414. The first-order chi connectivity index (χ1) is 11.3. The van der Waals surface area contributed by atoms with E-state index in [4.69, 9.17) is 14.6 Å². The highest BCUT2D eigenvalue weighted by molar-refractivity contribution is 5.91. The molecular weight excluding hydrogens is 316 g/mol. The van der Waals surface area contributed by atoms with Crippen molar-refractivity contribution in [3.05, 3.63) is 18.2 Å². The number of hydrogen-bond donors (Lipinski definition) is 4. The van der Waals surface area contributed by atoms with Crippen molar-refractivity contribution in [1.29, 1.82) is 0 Å². The van der Waals surface area contributed by atoms with Gasteiger partial charge in [0, 0.05) is 6.07 Å². The standard InChI is InChI=1S/C16H24N2O6/c1-4-5-8-24-13-7-6-11(23-3)9-12(13)18-15(21)17-10-16(2,22)14(19)20/h6-7,9,22H,4-5,8,10H2,1-3H3,(H,19,20)(H2,17,18,21). The maximum atomic E-state index is 11.9. The van der Waals surface area contributed by atoms with Crippen molar-refractivity contribution in [2.75, 3.05) is 25.6 Å². The van der Waals surface area contributed by atoms with E-state index in [-0.39, 0.29) is 0 Å². The lowest BCUT2D eigenvalue weighted by molar-refractivity contribution is -0.155. The molecule has 0 bridgehead atoms. The average molecular weight is 340 g/mol. The number of aliphatic hydroxyl groups is 1. The number of aliphatic carboxylic acids is 1. The number of carboxylic acids is 1. The number of methoxy groups -OCH3 is 1. The molecule has 0 aromatic heterocycles. The van der Waals surface area contributed by atoms with Gasteiger partial charge in [-0.1, -0.05) is 13.3 Å². The van der Waals surface area contributed by atoms with Gasteiger partial charge in [0.25, 0.3) is 0 Å². The molecule has 1 aromatic rings. The molecule has 1 rings (SSSR count). The Morgan fingerprint density at radius 1 is 1.33 bits per heavy atom. The third-order valence-electron chi connectivity index (χ3n) is 3.24. The Morgan fingerprint density at radius 3 is 2.62 bits per heavy atom. The van der Waals surface area contributed by atoms with E-state index < -0.39 is 24.1 Å². The zero-order chi connectivity index (χ0) is 18.2. The Hall–Kier alpha value is -2.48. The molecule has 1 atom stereocenters. The summed E-state index contributed by atoms with van der Waals surface area (Å²) >= 11 is 0. The van der Waals surface area contributed by atoms with E-state index in [0.717, 1.165) is 19.8 Å². The SMILES string of the molecule is CCCCOc1ccc(OC)cc1NC(=O)NCC(C)(O)C(=O)O. The lowest BCUT2D eigenvalue weighted by Crippen LogP contribution is -2.47. The molecule has 8 nitrogen and oxygen atoms in total. The van der Waals surface area contributed by atoms with Gasteiger partial charge in [0.05, 0.1) is 25.9 Å². The Kier molecular flexibility index (Phi) is 7.31. The lowest BCUT2D eigenvalue weighted by atomic mass is 10.1. The van der Waals surface area contributed by atoms with Crippen LogP contribution in [0.25, 0.3) is 0 Å². The van der Waals surface area contributed by atoms with Crippen molar-refractivity contribution >= 4 is 17.7 Å². The van der Waals surface area contributed by atoms with E-state index in [9.17, 15) is 14.7 Å². The van der Waals surface area contributed by atoms with Crippen LogP contribution in [0.2, 0.25) is 0 Å². The van der Waals surface area contributed by atoms with Gasteiger partial charge in [-0.15, -0.1) is 0 Å². The van der Waals surface area contributed by atoms with Gasteiger partial charge in [0.15, 0.2) is 5.60 Å². The largest absolute Gasteiger partial charge is 0.497 e.